The van der Waals surface area contributed by atoms with Gasteiger partial charge in [-0.1, -0.05) is 37.3 Å². The molecule has 2 N–H and O–H groups in total. The molecule has 2 unspecified atom stereocenters. The van der Waals surface area contributed by atoms with Crippen molar-refractivity contribution in [1.82, 2.24) is 0 Å². The molecule has 0 saturated carbocycles. The minimum Gasteiger partial charge on any atom is -0.325 e. The highest BCUT2D eigenvalue weighted by Gasteiger charge is 2.14. The van der Waals surface area contributed by atoms with E-state index in [-0.39, 0.29) is 5.92 Å². The van der Waals surface area contributed by atoms with Crippen molar-refractivity contribution < 1.29 is 4.39 Å². The summed E-state index contributed by atoms with van der Waals surface area (Å²) in [6.07, 6.45) is 3.90. The zero-order valence-corrected chi connectivity index (χ0v) is 9.83. The third-order valence-electron chi connectivity index (χ3n) is 2.96. The lowest BCUT2D eigenvalue weighted by atomic mass is 9.93. The number of allylic oxidation sites excluding steroid dienone is 1. The van der Waals surface area contributed by atoms with Crippen LogP contribution in [0.15, 0.2) is 36.9 Å². The second-order valence-electron chi connectivity index (χ2n) is 4.18. The van der Waals surface area contributed by atoms with E-state index in [1.54, 1.807) is 0 Å². The fraction of sp³-hybridized carbons (Fsp3) is 0.429. The molecule has 16 heavy (non-hydrogen) atoms. The Balaban J connectivity index is 2.66. The van der Waals surface area contributed by atoms with Gasteiger partial charge in [-0.05, 0) is 29.9 Å². The van der Waals surface area contributed by atoms with Gasteiger partial charge >= 0.3 is 0 Å². The average molecular weight is 221 g/mol. The minimum absolute atomic E-state index is 0.0680. The van der Waals surface area contributed by atoms with Crippen molar-refractivity contribution in [1.29, 1.82) is 0 Å². The first-order valence-corrected chi connectivity index (χ1v) is 5.70. The first-order chi connectivity index (χ1) is 7.69. The Morgan fingerprint density at radius 3 is 2.50 bits per heavy atom. The Morgan fingerprint density at radius 1 is 1.38 bits per heavy atom. The lowest BCUT2D eigenvalue weighted by Crippen LogP contribution is -2.28. The van der Waals surface area contributed by atoms with Crippen molar-refractivity contribution in [3.05, 3.63) is 48.0 Å². The van der Waals surface area contributed by atoms with Crippen LogP contribution in [0.3, 0.4) is 0 Å². The third-order valence-corrected chi connectivity index (χ3v) is 2.96. The van der Waals surface area contributed by atoms with Crippen LogP contribution >= 0.6 is 0 Å². The van der Waals surface area contributed by atoms with Gasteiger partial charge in [0.1, 0.15) is 6.67 Å². The minimum atomic E-state index is -0.473. The summed E-state index contributed by atoms with van der Waals surface area (Å²) in [6, 6.07) is 7.84. The van der Waals surface area contributed by atoms with Gasteiger partial charge < -0.3 is 5.73 Å². The molecule has 0 aliphatic heterocycles. The quantitative estimate of drug-likeness (QED) is 0.733. The van der Waals surface area contributed by atoms with E-state index in [2.05, 4.69) is 18.7 Å². The van der Waals surface area contributed by atoms with Crippen LogP contribution in [-0.4, -0.2) is 12.7 Å². The summed E-state index contributed by atoms with van der Waals surface area (Å²) < 4.78 is 12.4. The van der Waals surface area contributed by atoms with Crippen molar-refractivity contribution in [2.75, 3.05) is 6.67 Å². The fourth-order valence-corrected chi connectivity index (χ4v) is 1.64. The number of alkyl halides is 1. The van der Waals surface area contributed by atoms with Crippen LogP contribution in [0.1, 0.15) is 30.4 Å². The molecule has 0 fully saturated rings. The standard InChI is InChI=1S/C14H20FN/c1-3-4-5-12-6-8-13(9-7-12)11(2)14(16)10-15/h3,6-9,11,14H,1,4-5,10,16H2,2H3. The zero-order valence-electron chi connectivity index (χ0n) is 9.83. The molecule has 1 nitrogen and oxygen atoms in total. The Bertz CT molecular complexity index is 318. The van der Waals surface area contributed by atoms with Gasteiger partial charge in [-0.3, -0.25) is 0 Å². The summed E-state index contributed by atoms with van der Waals surface area (Å²) in [6.45, 7) is 5.19. The monoisotopic (exact) mass is 221 g/mol. The van der Waals surface area contributed by atoms with Crippen molar-refractivity contribution in [3.63, 3.8) is 0 Å². The molecule has 0 amide bonds. The molecule has 2 heteroatoms. The fourth-order valence-electron chi connectivity index (χ4n) is 1.64. The number of aryl methyl sites for hydroxylation is 1. The van der Waals surface area contributed by atoms with Crippen LogP contribution in [0.5, 0.6) is 0 Å². The molecule has 0 bridgehead atoms. The van der Waals surface area contributed by atoms with E-state index in [1.165, 1.54) is 5.56 Å². The van der Waals surface area contributed by atoms with Gasteiger partial charge in [0.15, 0.2) is 0 Å². The van der Waals surface area contributed by atoms with Gasteiger partial charge in [0.25, 0.3) is 0 Å². The lowest BCUT2D eigenvalue weighted by Gasteiger charge is -2.17. The second kappa shape index (κ2) is 6.44. The zero-order chi connectivity index (χ0) is 12.0. The molecule has 0 saturated heterocycles. The molecule has 1 rings (SSSR count). The summed E-state index contributed by atoms with van der Waals surface area (Å²) in [7, 11) is 0. The van der Waals surface area contributed by atoms with Crippen molar-refractivity contribution in [3.8, 4) is 0 Å². The predicted octanol–water partition coefficient (Wildman–Crippen LogP) is 3.21. The first-order valence-electron chi connectivity index (χ1n) is 5.70. The second-order valence-corrected chi connectivity index (χ2v) is 4.18. The summed E-state index contributed by atoms with van der Waals surface area (Å²) in [4.78, 5) is 0. The number of hydrogen-bond donors (Lipinski definition) is 1. The molecule has 0 heterocycles. The van der Waals surface area contributed by atoms with Crippen LogP contribution < -0.4 is 5.73 Å². The molecular formula is C14H20FN. The number of hydrogen-bond acceptors (Lipinski definition) is 1. The first kappa shape index (κ1) is 12.9. The molecule has 0 radical (unpaired) electrons. The van der Waals surface area contributed by atoms with E-state index in [9.17, 15) is 4.39 Å². The topological polar surface area (TPSA) is 26.0 Å². The van der Waals surface area contributed by atoms with E-state index in [1.807, 2.05) is 25.1 Å². The smallest absolute Gasteiger partial charge is 0.105 e. The molecule has 2 atom stereocenters. The Kier molecular flexibility index (Phi) is 5.20. The van der Waals surface area contributed by atoms with Gasteiger partial charge in [0.05, 0.1) is 0 Å². The predicted molar refractivity (Wildman–Crippen MR) is 67.3 cm³/mol. The van der Waals surface area contributed by atoms with E-state index in [0.29, 0.717) is 0 Å². The molecule has 88 valence electrons. The van der Waals surface area contributed by atoms with Crippen LogP contribution in [0.4, 0.5) is 4.39 Å². The molecule has 0 aliphatic carbocycles. The maximum atomic E-state index is 12.4. The molecule has 1 aromatic rings. The van der Waals surface area contributed by atoms with E-state index < -0.39 is 12.7 Å². The van der Waals surface area contributed by atoms with Crippen LogP contribution in [0, 0.1) is 0 Å². The maximum Gasteiger partial charge on any atom is 0.105 e. The summed E-state index contributed by atoms with van der Waals surface area (Å²) in [5.41, 5.74) is 8.06. The van der Waals surface area contributed by atoms with Gasteiger partial charge in [-0.25, -0.2) is 4.39 Å². The number of rotatable bonds is 6. The number of halogens is 1. The van der Waals surface area contributed by atoms with Crippen LogP contribution in [0.25, 0.3) is 0 Å². The normalized spacial score (nSPS) is 14.4. The van der Waals surface area contributed by atoms with Crippen LogP contribution in [0.2, 0.25) is 0 Å². The average Bonchev–Trinajstić information content (AvgIpc) is 2.35. The van der Waals surface area contributed by atoms with Crippen molar-refractivity contribution >= 4 is 0 Å². The number of benzene rings is 1. The Morgan fingerprint density at radius 2 is 2.00 bits per heavy atom. The molecule has 1 aromatic carbocycles. The summed E-state index contributed by atoms with van der Waals surface area (Å²) >= 11 is 0. The number of nitrogens with two attached hydrogens (primary N) is 1. The van der Waals surface area contributed by atoms with E-state index in [4.69, 9.17) is 5.73 Å². The Labute approximate surface area is 97.2 Å². The molecule has 0 aromatic heterocycles. The van der Waals surface area contributed by atoms with Crippen LogP contribution in [-0.2, 0) is 6.42 Å². The lowest BCUT2D eigenvalue weighted by molar-refractivity contribution is 0.396. The summed E-state index contributed by atoms with van der Waals surface area (Å²) in [5.74, 6) is 0.0680. The van der Waals surface area contributed by atoms with Gasteiger partial charge in [-0.15, -0.1) is 6.58 Å². The Hall–Kier alpha value is -1.15. The van der Waals surface area contributed by atoms with E-state index >= 15 is 0 Å². The SMILES string of the molecule is C=CCCc1ccc(C(C)C(N)CF)cc1. The van der Waals surface area contributed by atoms with Crippen molar-refractivity contribution in [2.45, 2.75) is 31.7 Å². The highest BCUT2D eigenvalue weighted by molar-refractivity contribution is 5.26. The highest BCUT2D eigenvalue weighted by Crippen LogP contribution is 2.19. The van der Waals surface area contributed by atoms with Gasteiger partial charge in [0, 0.05) is 6.04 Å². The van der Waals surface area contributed by atoms with E-state index in [0.717, 1.165) is 18.4 Å². The molecule has 0 aliphatic rings. The van der Waals surface area contributed by atoms with Gasteiger partial charge in [0.2, 0.25) is 0 Å². The van der Waals surface area contributed by atoms with Gasteiger partial charge in [-0.2, -0.15) is 0 Å². The molecular weight excluding hydrogens is 201 g/mol. The largest absolute Gasteiger partial charge is 0.325 e. The third kappa shape index (κ3) is 3.46. The summed E-state index contributed by atoms with van der Waals surface area (Å²) in [5, 5.41) is 0. The molecule has 0 spiro atoms. The van der Waals surface area contributed by atoms with Crippen molar-refractivity contribution in [2.24, 2.45) is 5.73 Å². The maximum absolute atomic E-state index is 12.4. The highest BCUT2D eigenvalue weighted by atomic mass is 19.1.